The van der Waals surface area contributed by atoms with Gasteiger partial charge in [-0.15, -0.1) is 0 Å². The van der Waals surface area contributed by atoms with Crippen LogP contribution in [-0.2, 0) is 4.74 Å². The summed E-state index contributed by atoms with van der Waals surface area (Å²) in [5.74, 6) is 1.10. The number of aromatic nitrogens is 4. The molecule has 0 bridgehead atoms. The molecule has 100 valence electrons. The molecule has 1 aliphatic rings. The largest absolute Gasteiger partial charge is 0.370 e. The van der Waals surface area contributed by atoms with Gasteiger partial charge in [0.2, 0.25) is 5.82 Å². The van der Waals surface area contributed by atoms with Crippen molar-refractivity contribution < 1.29 is 9.26 Å². The van der Waals surface area contributed by atoms with E-state index in [4.69, 9.17) is 9.26 Å². The van der Waals surface area contributed by atoms with E-state index in [1.807, 2.05) is 12.1 Å². The summed E-state index contributed by atoms with van der Waals surface area (Å²) < 4.78 is 10.9. The van der Waals surface area contributed by atoms with Gasteiger partial charge in [0.1, 0.15) is 6.10 Å². The number of fused-ring (bicyclic) bond motifs is 1. The predicted octanol–water partition coefficient (Wildman–Crippen LogP) is 2.53. The molecule has 0 amide bonds. The molecule has 0 N–H and O–H groups in total. The molecule has 0 radical (unpaired) electrons. The number of hydrogen-bond donors (Lipinski definition) is 0. The van der Waals surface area contributed by atoms with Crippen LogP contribution in [0.1, 0.15) is 24.8 Å². The van der Waals surface area contributed by atoms with Crippen molar-refractivity contribution in [3.05, 3.63) is 36.5 Å². The van der Waals surface area contributed by atoms with E-state index in [-0.39, 0.29) is 6.10 Å². The summed E-state index contributed by atoms with van der Waals surface area (Å²) in [5.41, 5.74) is 1.70. The SMILES string of the molecule is c1cc2nccc(-c3nc([C@@H]4CCCO4)no3)c2cn1. The molecular formula is C14H12N4O2. The van der Waals surface area contributed by atoms with Gasteiger partial charge in [0.15, 0.2) is 0 Å². The molecule has 4 heterocycles. The maximum Gasteiger partial charge on any atom is 0.258 e. The van der Waals surface area contributed by atoms with Crippen molar-refractivity contribution in [1.29, 1.82) is 0 Å². The Balaban J connectivity index is 1.79. The minimum Gasteiger partial charge on any atom is -0.370 e. The first-order chi connectivity index (χ1) is 9.92. The van der Waals surface area contributed by atoms with E-state index in [0.29, 0.717) is 11.7 Å². The van der Waals surface area contributed by atoms with Crippen molar-refractivity contribution >= 4 is 10.9 Å². The lowest BCUT2D eigenvalue weighted by Crippen LogP contribution is -1.97. The van der Waals surface area contributed by atoms with Crippen LogP contribution in [0, 0.1) is 0 Å². The molecule has 6 nitrogen and oxygen atoms in total. The van der Waals surface area contributed by atoms with Crippen LogP contribution in [0.2, 0.25) is 0 Å². The van der Waals surface area contributed by atoms with Gasteiger partial charge in [-0.3, -0.25) is 9.97 Å². The first kappa shape index (κ1) is 11.5. The molecule has 0 aliphatic carbocycles. The minimum absolute atomic E-state index is 0.0428. The summed E-state index contributed by atoms with van der Waals surface area (Å²) in [6.45, 7) is 0.761. The lowest BCUT2D eigenvalue weighted by atomic mass is 10.1. The van der Waals surface area contributed by atoms with Crippen molar-refractivity contribution in [3.63, 3.8) is 0 Å². The summed E-state index contributed by atoms with van der Waals surface area (Å²) >= 11 is 0. The Morgan fingerprint density at radius 3 is 3.10 bits per heavy atom. The second-order valence-corrected chi connectivity index (χ2v) is 4.71. The van der Waals surface area contributed by atoms with Gasteiger partial charge in [-0.2, -0.15) is 4.98 Å². The molecule has 20 heavy (non-hydrogen) atoms. The lowest BCUT2D eigenvalue weighted by molar-refractivity contribution is 0.103. The summed E-state index contributed by atoms with van der Waals surface area (Å²) in [7, 11) is 0. The summed E-state index contributed by atoms with van der Waals surface area (Å²) in [4.78, 5) is 12.9. The van der Waals surface area contributed by atoms with Crippen molar-refractivity contribution in [2.75, 3.05) is 6.61 Å². The van der Waals surface area contributed by atoms with Crippen LogP contribution in [-0.4, -0.2) is 26.7 Å². The summed E-state index contributed by atoms with van der Waals surface area (Å²) in [6, 6.07) is 3.72. The fourth-order valence-electron chi connectivity index (χ4n) is 2.43. The van der Waals surface area contributed by atoms with Gasteiger partial charge in [0, 0.05) is 30.6 Å². The van der Waals surface area contributed by atoms with Crippen LogP contribution in [0.15, 0.2) is 35.2 Å². The van der Waals surface area contributed by atoms with Crippen LogP contribution in [0.25, 0.3) is 22.4 Å². The topological polar surface area (TPSA) is 73.9 Å². The molecule has 1 fully saturated rings. The van der Waals surface area contributed by atoms with E-state index in [9.17, 15) is 0 Å². The minimum atomic E-state index is -0.0428. The molecule has 0 spiro atoms. The van der Waals surface area contributed by atoms with E-state index in [2.05, 4.69) is 20.1 Å². The second-order valence-electron chi connectivity index (χ2n) is 4.71. The standard InChI is InChI=1S/C14H12N4O2/c1-2-12(19-7-1)13-17-14(20-18-13)9-3-6-16-11-4-5-15-8-10(9)11/h3-6,8,12H,1-2,7H2/t12-/m0/s1. The highest BCUT2D eigenvalue weighted by molar-refractivity contribution is 5.91. The fourth-order valence-corrected chi connectivity index (χ4v) is 2.43. The van der Waals surface area contributed by atoms with Crippen molar-refractivity contribution in [2.45, 2.75) is 18.9 Å². The van der Waals surface area contributed by atoms with Crippen LogP contribution in [0.5, 0.6) is 0 Å². The molecule has 0 unspecified atom stereocenters. The molecule has 1 aliphatic heterocycles. The molecule has 1 saturated heterocycles. The van der Waals surface area contributed by atoms with Crippen LogP contribution in [0.4, 0.5) is 0 Å². The highest BCUT2D eigenvalue weighted by Gasteiger charge is 2.24. The molecule has 6 heteroatoms. The zero-order valence-corrected chi connectivity index (χ0v) is 10.7. The third-order valence-electron chi connectivity index (χ3n) is 3.43. The highest BCUT2D eigenvalue weighted by Crippen LogP contribution is 2.30. The Morgan fingerprint density at radius 2 is 2.20 bits per heavy atom. The number of rotatable bonds is 2. The van der Waals surface area contributed by atoms with Gasteiger partial charge in [-0.1, -0.05) is 5.16 Å². The van der Waals surface area contributed by atoms with Crippen LogP contribution >= 0.6 is 0 Å². The molecule has 0 aromatic carbocycles. The average molecular weight is 268 g/mol. The normalized spacial score (nSPS) is 18.7. The van der Waals surface area contributed by atoms with Crippen molar-refractivity contribution in [3.8, 4) is 11.5 Å². The third-order valence-corrected chi connectivity index (χ3v) is 3.43. The van der Waals surface area contributed by atoms with Crippen molar-refractivity contribution in [2.24, 2.45) is 0 Å². The molecule has 0 saturated carbocycles. The van der Waals surface area contributed by atoms with Crippen LogP contribution in [0.3, 0.4) is 0 Å². The molecule has 3 aromatic rings. The number of nitrogens with zero attached hydrogens (tertiary/aromatic N) is 4. The van der Waals surface area contributed by atoms with Crippen molar-refractivity contribution in [1.82, 2.24) is 20.1 Å². The maximum absolute atomic E-state index is 5.57. The van der Waals surface area contributed by atoms with E-state index in [0.717, 1.165) is 35.9 Å². The van der Waals surface area contributed by atoms with Gasteiger partial charge in [-0.05, 0) is 25.0 Å². The lowest BCUT2D eigenvalue weighted by Gasteiger charge is -2.01. The third kappa shape index (κ3) is 1.85. The number of ether oxygens (including phenoxy) is 1. The van der Waals surface area contributed by atoms with Gasteiger partial charge < -0.3 is 9.26 Å². The van der Waals surface area contributed by atoms with Gasteiger partial charge in [0.25, 0.3) is 5.89 Å². The molecule has 1 atom stereocenters. The first-order valence-electron chi connectivity index (χ1n) is 6.56. The van der Waals surface area contributed by atoms with Crippen LogP contribution < -0.4 is 0 Å². The van der Waals surface area contributed by atoms with E-state index in [1.165, 1.54) is 0 Å². The smallest absolute Gasteiger partial charge is 0.258 e. The zero-order chi connectivity index (χ0) is 13.4. The van der Waals surface area contributed by atoms with E-state index < -0.39 is 0 Å². The molecule has 4 rings (SSSR count). The zero-order valence-electron chi connectivity index (χ0n) is 10.7. The van der Waals surface area contributed by atoms with E-state index in [1.54, 1.807) is 18.6 Å². The van der Waals surface area contributed by atoms with Gasteiger partial charge in [-0.25, -0.2) is 0 Å². The molecular weight excluding hydrogens is 256 g/mol. The predicted molar refractivity (Wildman–Crippen MR) is 70.8 cm³/mol. The number of pyridine rings is 2. The maximum atomic E-state index is 5.57. The van der Waals surface area contributed by atoms with Gasteiger partial charge >= 0.3 is 0 Å². The summed E-state index contributed by atoms with van der Waals surface area (Å²) in [5, 5.41) is 4.93. The fraction of sp³-hybridized carbons (Fsp3) is 0.286. The second kappa shape index (κ2) is 4.64. The Labute approximate surface area is 114 Å². The van der Waals surface area contributed by atoms with E-state index >= 15 is 0 Å². The Bertz CT molecular complexity index is 744. The quantitative estimate of drug-likeness (QED) is 0.711. The Kier molecular flexibility index (Phi) is 2.67. The Hall–Kier alpha value is -2.34. The van der Waals surface area contributed by atoms with Gasteiger partial charge in [0.05, 0.1) is 11.1 Å². The highest BCUT2D eigenvalue weighted by atomic mass is 16.5. The first-order valence-corrected chi connectivity index (χ1v) is 6.56. The molecule has 3 aromatic heterocycles. The Morgan fingerprint density at radius 1 is 1.20 bits per heavy atom. The monoisotopic (exact) mass is 268 g/mol. The number of hydrogen-bond acceptors (Lipinski definition) is 6. The average Bonchev–Trinajstić information content (AvgIpc) is 3.17. The summed E-state index contributed by atoms with van der Waals surface area (Å²) in [6.07, 6.45) is 7.14.